The van der Waals surface area contributed by atoms with Gasteiger partial charge in [0, 0.05) is 20.8 Å². The van der Waals surface area contributed by atoms with Crippen molar-refractivity contribution in [3.05, 3.63) is 29.8 Å². The second kappa shape index (κ2) is 10.5. The van der Waals surface area contributed by atoms with Gasteiger partial charge in [-0.1, -0.05) is 33.6 Å². The Kier molecular flexibility index (Phi) is 8.57. The zero-order chi connectivity index (χ0) is 23.3. The molecule has 1 saturated heterocycles. The van der Waals surface area contributed by atoms with Gasteiger partial charge in [0.25, 0.3) is 10.1 Å². The Balaban J connectivity index is 2.29. The summed E-state index contributed by atoms with van der Waals surface area (Å²) in [5.74, 6) is -2.16. The van der Waals surface area contributed by atoms with E-state index in [0.29, 0.717) is 0 Å². The maximum Gasteiger partial charge on any atom is 0.303 e. The van der Waals surface area contributed by atoms with Crippen molar-refractivity contribution in [2.75, 3.05) is 6.61 Å². The fraction of sp³-hybridized carbons (Fsp3) is 0.526. The lowest BCUT2D eigenvalue weighted by molar-refractivity contribution is -0.233. The molecule has 0 bridgehead atoms. The van der Waals surface area contributed by atoms with Crippen molar-refractivity contribution >= 4 is 44.0 Å². The lowest BCUT2D eigenvalue weighted by Gasteiger charge is -2.42. The number of benzene rings is 1. The average molecular weight is 523 g/mol. The van der Waals surface area contributed by atoms with Crippen LogP contribution in [0.25, 0.3) is 0 Å². The standard InChI is InChI=1S/C19H23BrO10S/c1-10-5-7-14(8-6-10)31(24,25)26-9-15-16(27-11(2)21)17(28-12(3)22)18(19(20)30-15)29-13(4)23/h5-8,15-19H,9H2,1-4H3/t15-,16-,17+,18+,19+/m1/s1. The molecule has 1 aromatic carbocycles. The topological polar surface area (TPSA) is 132 Å². The molecule has 5 atom stereocenters. The van der Waals surface area contributed by atoms with Crippen molar-refractivity contribution < 1.29 is 45.9 Å². The Bertz CT molecular complexity index is 914. The maximum absolute atomic E-state index is 12.5. The first kappa shape index (κ1) is 25.2. The summed E-state index contributed by atoms with van der Waals surface area (Å²) < 4.78 is 51.4. The van der Waals surface area contributed by atoms with Crippen LogP contribution in [0, 0.1) is 6.92 Å². The molecule has 2 rings (SSSR count). The van der Waals surface area contributed by atoms with Crippen molar-refractivity contribution in [1.29, 1.82) is 0 Å². The van der Waals surface area contributed by atoms with Gasteiger partial charge >= 0.3 is 17.9 Å². The summed E-state index contributed by atoms with van der Waals surface area (Å²) >= 11 is 3.18. The van der Waals surface area contributed by atoms with Crippen molar-refractivity contribution in [3.8, 4) is 0 Å². The number of carbonyl (C=O) groups excluding carboxylic acids is 3. The summed E-state index contributed by atoms with van der Waals surface area (Å²) in [5, 5.41) is -0.997. The van der Waals surface area contributed by atoms with E-state index in [1.165, 1.54) is 12.1 Å². The summed E-state index contributed by atoms with van der Waals surface area (Å²) in [6.45, 7) is 4.64. The van der Waals surface area contributed by atoms with Gasteiger partial charge < -0.3 is 18.9 Å². The summed E-state index contributed by atoms with van der Waals surface area (Å²) in [5.41, 5.74) is 0.868. The summed E-state index contributed by atoms with van der Waals surface area (Å²) in [6.07, 6.45) is -4.88. The number of esters is 3. The minimum atomic E-state index is -4.15. The number of rotatable bonds is 7. The zero-order valence-corrected chi connectivity index (χ0v) is 19.7. The van der Waals surface area contributed by atoms with Crippen LogP contribution in [0.15, 0.2) is 29.2 Å². The molecule has 12 heteroatoms. The molecule has 172 valence electrons. The van der Waals surface area contributed by atoms with Crippen molar-refractivity contribution in [2.24, 2.45) is 0 Å². The quantitative estimate of drug-likeness (QED) is 0.225. The fourth-order valence-corrected chi connectivity index (χ4v) is 4.51. The predicted molar refractivity (Wildman–Crippen MR) is 109 cm³/mol. The first-order chi connectivity index (χ1) is 14.4. The molecule has 0 N–H and O–H groups in total. The van der Waals surface area contributed by atoms with Crippen LogP contribution in [0.4, 0.5) is 0 Å². The van der Waals surface area contributed by atoms with E-state index in [4.69, 9.17) is 23.1 Å². The van der Waals surface area contributed by atoms with Crippen LogP contribution in [0.2, 0.25) is 0 Å². The maximum atomic E-state index is 12.5. The first-order valence-electron chi connectivity index (χ1n) is 9.18. The van der Waals surface area contributed by atoms with Gasteiger partial charge in [-0.25, -0.2) is 0 Å². The van der Waals surface area contributed by atoms with Crippen molar-refractivity contribution in [1.82, 2.24) is 0 Å². The molecule has 0 saturated carbocycles. The van der Waals surface area contributed by atoms with Crippen LogP contribution in [0.5, 0.6) is 0 Å². The smallest absolute Gasteiger partial charge is 0.303 e. The number of halogens is 1. The van der Waals surface area contributed by atoms with E-state index in [0.717, 1.165) is 26.3 Å². The monoisotopic (exact) mass is 522 g/mol. The zero-order valence-electron chi connectivity index (χ0n) is 17.3. The second-order valence-electron chi connectivity index (χ2n) is 6.80. The molecule has 1 aliphatic heterocycles. The lowest BCUT2D eigenvalue weighted by atomic mass is 9.99. The highest BCUT2D eigenvalue weighted by molar-refractivity contribution is 9.09. The van der Waals surface area contributed by atoms with Crippen LogP contribution >= 0.6 is 15.9 Å². The second-order valence-corrected chi connectivity index (χ2v) is 9.32. The van der Waals surface area contributed by atoms with Gasteiger partial charge in [0.2, 0.25) is 0 Å². The number of alkyl halides is 1. The highest BCUT2D eigenvalue weighted by atomic mass is 79.9. The molecule has 0 aliphatic carbocycles. The largest absolute Gasteiger partial charge is 0.456 e. The van der Waals surface area contributed by atoms with Crippen LogP contribution in [0.1, 0.15) is 26.3 Å². The van der Waals surface area contributed by atoms with Gasteiger partial charge in [0.15, 0.2) is 23.3 Å². The van der Waals surface area contributed by atoms with Gasteiger partial charge in [-0.2, -0.15) is 8.42 Å². The van der Waals surface area contributed by atoms with E-state index in [1.807, 2.05) is 6.92 Å². The molecule has 0 spiro atoms. The summed E-state index contributed by atoms with van der Waals surface area (Å²) in [7, 11) is -4.15. The van der Waals surface area contributed by atoms with Gasteiger partial charge in [0.1, 0.15) is 6.10 Å². The van der Waals surface area contributed by atoms with E-state index in [2.05, 4.69) is 15.9 Å². The molecule has 1 heterocycles. The van der Waals surface area contributed by atoms with Crippen LogP contribution in [-0.4, -0.2) is 62.4 Å². The third-order valence-corrected chi connectivity index (χ3v) is 6.21. The van der Waals surface area contributed by atoms with E-state index in [1.54, 1.807) is 12.1 Å². The van der Waals surface area contributed by atoms with Crippen LogP contribution in [0.3, 0.4) is 0 Å². The average Bonchev–Trinajstić information content (AvgIpc) is 2.65. The fourth-order valence-electron chi connectivity index (χ4n) is 2.91. The molecule has 0 aromatic heterocycles. The number of ether oxygens (including phenoxy) is 4. The van der Waals surface area contributed by atoms with Crippen molar-refractivity contribution in [2.45, 2.75) is 62.0 Å². The Hall–Kier alpha value is -2.02. The number of hydrogen-bond donors (Lipinski definition) is 0. The van der Waals surface area contributed by atoms with Gasteiger partial charge in [-0.3, -0.25) is 18.6 Å². The normalized spacial score (nSPS) is 26.0. The molecule has 10 nitrogen and oxygen atoms in total. The minimum Gasteiger partial charge on any atom is -0.456 e. The van der Waals surface area contributed by atoms with Crippen LogP contribution < -0.4 is 0 Å². The van der Waals surface area contributed by atoms with E-state index >= 15 is 0 Å². The van der Waals surface area contributed by atoms with Gasteiger partial charge in [-0.05, 0) is 19.1 Å². The lowest BCUT2D eigenvalue weighted by Crippen LogP contribution is -2.60. The van der Waals surface area contributed by atoms with Gasteiger partial charge in [0.05, 0.1) is 11.5 Å². The van der Waals surface area contributed by atoms with Crippen LogP contribution in [-0.2, 0) is 47.6 Å². The molecule has 0 unspecified atom stereocenters. The number of aryl methyl sites for hydroxylation is 1. The highest BCUT2D eigenvalue weighted by Gasteiger charge is 2.51. The first-order valence-corrected chi connectivity index (χ1v) is 11.5. The third-order valence-electron chi connectivity index (χ3n) is 4.18. The molecule has 0 amide bonds. The van der Waals surface area contributed by atoms with Gasteiger partial charge in [-0.15, -0.1) is 0 Å². The molecule has 0 radical (unpaired) electrons. The Morgan fingerprint density at radius 2 is 1.39 bits per heavy atom. The number of hydrogen-bond acceptors (Lipinski definition) is 10. The summed E-state index contributed by atoms with van der Waals surface area (Å²) in [4.78, 5) is 34.7. The van der Waals surface area contributed by atoms with E-state index < -0.39 is 64.1 Å². The van der Waals surface area contributed by atoms with E-state index in [-0.39, 0.29) is 4.90 Å². The Labute approximate surface area is 188 Å². The Morgan fingerprint density at radius 1 is 0.903 bits per heavy atom. The highest BCUT2D eigenvalue weighted by Crippen LogP contribution is 2.32. The summed E-state index contributed by atoms with van der Waals surface area (Å²) in [6, 6.07) is 6.01. The molecule has 1 aromatic rings. The molecule has 1 aliphatic rings. The number of carbonyl (C=O) groups is 3. The van der Waals surface area contributed by atoms with Crippen molar-refractivity contribution in [3.63, 3.8) is 0 Å². The predicted octanol–water partition coefficient (Wildman–Crippen LogP) is 1.62. The molecule has 31 heavy (non-hydrogen) atoms. The van der Waals surface area contributed by atoms with E-state index in [9.17, 15) is 22.8 Å². The minimum absolute atomic E-state index is 0.0670. The Morgan fingerprint density at radius 3 is 1.90 bits per heavy atom. The molecule has 1 fully saturated rings. The third kappa shape index (κ3) is 6.99. The molecular formula is C19H23BrO10S. The molecular weight excluding hydrogens is 500 g/mol. The SMILES string of the molecule is CC(=O)O[C@@H]1[C@H](OC(C)=O)[C@@H](Br)O[C@H](COS(=O)(=O)c2ccc(C)cc2)[C@H]1OC(C)=O.